The van der Waals surface area contributed by atoms with E-state index in [0.29, 0.717) is 29.1 Å². The van der Waals surface area contributed by atoms with E-state index < -0.39 is 11.6 Å². The third kappa shape index (κ3) is 2.44. The molecule has 0 aliphatic heterocycles. The molecule has 1 saturated carbocycles. The topological polar surface area (TPSA) is 41.6 Å². The Morgan fingerprint density at radius 2 is 1.96 bits per heavy atom. The molecule has 1 aliphatic carbocycles. The predicted octanol–water partition coefficient (Wildman–Crippen LogP) is 4.50. The molecule has 0 N–H and O–H groups in total. The number of aromatic nitrogens is 2. The van der Waals surface area contributed by atoms with Gasteiger partial charge in [-0.2, -0.15) is 5.26 Å². The normalized spacial score (nSPS) is 14.5. The molecule has 4 rings (SSSR count). The van der Waals surface area contributed by atoms with E-state index in [1.165, 1.54) is 6.07 Å². The van der Waals surface area contributed by atoms with Crippen molar-refractivity contribution in [1.29, 1.82) is 5.26 Å². The Morgan fingerprint density at radius 1 is 1.17 bits per heavy atom. The van der Waals surface area contributed by atoms with E-state index in [-0.39, 0.29) is 0 Å². The third-order valence-corrected chi connectivity index (χ3v) is 4.69. The number of nitriles is 1. The number of halogens is 2. The number of benzene rings is 2. The molecule has 2 aromatic carbocycles. The molecule has 5 heteroatoms. The molecule has 0 radical (unpaired) electrons. The van der Waals surface area contributed by atoms with Crippen LogP contribution in [0.15, 0.2) is 36.4 Å². The molecular formula is C19H15F2N3. The van der Waals surface area contributed by atoms with Crippen molar-refractivity contribution in [2.45, 2.75) is 31.7 Å². The lowest BCUT2D eigenvalue weighted by Crippen LogP contribution is -2.16. The number of imidazole rings is 1. The van der Waals surface area contributed by atoms with Crippen LogP contribution in [-0.4, -0.2) is 9.55 Å². The molecule has 3 nitrogen and oxygen atoms in total. The van der Waals surface area contributed by atoms with Crippen LogP contribution in [0.2, 0.25) is 0 Å². The summed E-state index contributed by atoms with van der Waals surface area (Å²) < 4.78 is 29.2. The highest BCUT2D eigenvalue weighted by molar-refractivity contribution is 5.76. The summed E-state index contributed by atoms with van der Waals surface area (Å²) in [4.78, 5) is 4.57. The van der Waals surface area contributed by atoms with Crippen molar-refractivity contribution in [3.63, 3.8) is 0 Å². The molecule has 0 spiro atoms. The van der Waals surface area contributed by atoms with Gasteiger partial charge < -0.3 is 4.57 Å². The number of fused-ring (bicyclic) bond motifs is 1. The molecule has 0 atom stereocenters. The second-order valence-corrected chi connectivity index (χ2v) is 6.25. The van der Waals surface area contributed by atoms with Crippen molar-refractivity contribution in [1.82, 2.24) is 9.55 Å². The van der Waals surface area contributed by atoms with Gasteiger partial charge in [0.05, 0.1) is 22.7 Å². The van der Waals surface area contributed by atoms with Crippen molar-refractivity contribution in [2.24, 2.45) is 0 Å². The molecule has 120 valence electrons. The van der Waals surface area contributed by atoms with Crippen molar-refractivity contribution in [3.8, 4) is 6.07 Å². The Morgan fingerprint density at radius 3 is 2.67 bits per heavy atom. The standard InChI is InChI=1S/C19H15F2N3/c20-15-8-17-18(9-16(15)21)24(19(23-17)14-5-2-6-14)11-13-4-1-3-12(7-13)10-22/h1,3-4,7-9,14H,2,5-6,11H2. The first-order chi connectivity index (χ1) is 11.7. The van der Waals surface area contributed by atoms with E-state index in [2.05, 4.69) is 11.1 Å². The van der Waals surface area contributed by atoms with E-state index in [1.807, 2.05) is 22.8 Å². The maximum Gasteiger partial charge on any atom is 0.161 e. The molecule has 1 fully saturated rings. The van der Waals surface area contributed by atoms with Gasteiger partial charge in [-0.1, -0.05) is 18.6 Å². The first kappa shape index (κ1) is 14.8. The van der Waals surface area contributed by atoms with Crippen molar-refractivity contribution >= 4 is 11.0 Å². The van der Waals surface area contributed by atoms with Gasteiger partial charge >= 0.3 is 0 Å². The summed E-state index contributed by atoms with van der Waals surface area (Å²) in [6, 6.07) is 11.8. The minimum atomic E-state index is -0.876. The van der Waals surface area contributed by atoms with Crippen LogP contribution in [0.5, 0.6) is 0 Å². The van der Waals surface area contributed by atoms with Crippen LogP contribution in [0.25, 0.3) is 11.0 Å². The van der Waals surface area contributed by atoms with E-state index in [9.17, 15) is 8.78 Å². The summed E-state index contributed by atoms with van der Waals surface area (Å²) in [6.07, 6.45) is 3.25. The van der Waals surface area contributed by atoms with Crippen LogP contribution in [0, 0.1) is 23.0 Å². The molecule has 0 amide bonds. The van der Waals surface area contributed by atoms with E-state index in [1.54, 1.807) is 6.07 Å². The number of nitrogens with zero attached hydrogens (tertiary/aromatic N) is 3. The first-order valence-electron chi connectivity index (χ1n) is 8.00. The van der Waals surface area contributed by atoms with Crippen LogP contribution in [0.4, 0.5) is 8.78 Å². The molecule has 0 unspecified atom stereocenters. The average molecular weight is 323 g/mol. The van der Waals surface area contributed by atoms with Gasteiger partial charge in [-0.15, -0.1) is 0 Å². The zero-order valence-corrected chi connectivity index (χ0v) is 13.0. The van der Waals surface area contributed by atoms with Crippen molar-refractivity contribution < 1.29 is 8.78 Å². The summed E-state index contributed by atoms with van der Waals surface area (Å²) in [6.45, 7) is 0.489. The summed E-state index contributed by atoms with van der Waals surface area (Å²) in [5, 5.41) is 9.06. The number of hydrogen-bond acceptors (Lipinski definition) is 2. The molecule has 1 heterocycles. The summed E-state index contributed by atoms with van der Waals surface area (Å²) >= 11 is 0. The van der Waals surface area contributed by atoms with E-state index >= 15 is 0 Å². The third-order valence-electron chi connectivity index (χ3n) is 4.69. The summed E-state index contributed by atoms with van der Waals surface area (Å²) in [5.41, 5.74) is 2.60. The highest BCUT2D eigenvalue weighted by Crippen LogP contribution is 2.37. The van der Waals surface area contributed by atoms with Gasteiger partial charge in [0.1, 0.15) is 5.82 Å². The molecule has 1 aromatic heterocycles. The highest BCUT2D eigenvalue weighted by Gasteiger charge is 2.26. The Hall–Kier alpha value is -2.74. The van der Waals surface area contributed by atoms with Crippen LogP contribution >= 0.6 is 0 Å². The van der Waals surface area contributed by atoms with Crippen molar-refractivity contribution in [2.75, 3.05) is 0 Å². The van der Waals surface area contributed by atoms with E-state index in [0.717, 1.165) is 36.7 Å². The first-order valence-corrected chi connectivity index (χ1v) is 8.00. The lowest BCUT2D eigenvalue weighted by atomic mass is 9.85. The zero-order chi connectivity index (χ0) is 16.7. The second-order valence-electron chi connectivity index (χ2n) is 6.25. The smallest absolute Gasteiger partial charge is 0.161 e. The summed E-state index contributed by atoms with van der Waals surface area (Å²) in [5.74, 6) is -0.528. The van der Waals surface area contributed by atoms with Gasteiger partial charge in [0.15, 0.2) is 11.6 Å². The van der Waals surface area contributed by atoms with Crippen molar-refractivity contribution in [3.05, 3.63) is 65.0 Å². The van der Waals surface area contributed by atoms with Gasteiger partial charge in [0.25, 0.3) is 0 Å². The van der Waals surface area contributed by atoms with Crippen LogP contribution in [-0.2, 0) is 6.54 Å². The largest absolute Gasteiger partial charge is 0.323 e. The lowest BCUT2D eigenvalue weighted by Gasteiger charge is -2.25. The molecule has 3 aromatic rings. The Labute approximate surface area is 138 Å². The maximum absolute atomic E-state index is 13.7. The summed E-state index contributed by atoms with van der Waals surface area (Å²) in [7, 11) is 0. The Kier molecular flexibility index (Phi) is 3.53. The molecule has 0 saturated heterocycles. The average Bonchev–Trinajstić information content (AvgIpc) is 2.84. The quantitative estimate of drug-likeness (QED) is 0.712. The fraction of sp³-hybridized carbons (Fsp3) is 0.263. The van der Waals surface area contributed by atoms with Crippen LogP contribution in [0.1, 0.15) is 42.1 Å². The fourth-order valence-corrected chi connectivity index (χ4v) is 3.20. The Bertz CT molecular complexity index is 965. The number of rotatable bonds is 3. The van der Waals surface area contributed by atoms with E-state index in [4.69, 9.17) is 5.26 Å². The SMILES string of the molecule is N#Cc1cccc(Cn2c(C3CCC3)nc3cc(F)c(F)cc32)c1. The minimum Gasteiger partial charge on any atom is -0.323 e. The Balaban J connectivity index is 1.85. The van der Waals surface area contributed by atoms with Gasteiger partial charge in [0.2, 0.25) is 0 Å². The molecule has 24 heavy (non-hydrogen) atoms. The monoisotopic (exact) mass is 323 g/mol. The molecule has 0 bridgehead atoms. The van der Waals surface area contributed by atoms with Crippen LogP contribution < -0.4 is 0 Å². The predicted molar refractivity (Wildman–Crippen MR) is 86.5 cm³/mol. The maximum atomic E-state index is 13.7. The van der Waals surface area contributed by atoms with Gasteiger partial charge in [0, 0.05) is 24.6 Å². The van der Waals surface area contributed by atoms with Crippen LogP contribution in [0.3, 0.4) is 0 Å². The zero-order valence-electron chi connectivity index (χ0n) is 13.0. The highest BCUT2D eigenvalue weighted by atomic mass is 19.2. The fourth-order valence-electron chi connectivity index (χ4n) is 3.20. The second kappa shape index (κ2) is 5.72. The molecule has 1 aliphatic rings. The van der Waals surface area contributed by atoms with Gasteiger partial charge in [-0.3, -0.25) is 0 Å². The van der Waals surface area contributed by atoms with Gasteiger partial charge in [-0.05, 0) is 30.5 Å². The molecular weight excluding hydrogens is 308 g/mol. The lowest BCUT2D eigenvalue weighted by molar-refractivity contribution is 0.392. The van der Waals surface area contributed by atoms with Gasteiger partial charge in [-0.25, -0.2) is 13.8 Å². The minimum absolute atomic E-state index is 0.336. The number of hydrogen-bond donors (Lipinski definition) is 0.